The first-order valence-corrected chi connectivity index (χ1v) is 11.1. The molecule has 0 fully saturated rings. The standard InChI is InChI=1S/C21H20N2O2S2/c1-16-8-14-20(15-9-16)27(24,25)23-22-21(17-6-4-3-5-7-17)18-10-12-19(26-2)13-11-18/h3-15,23H,1-2H3. The SMILES string of the molecule is CSc1ccc(C(=NNS(=O)(=O)c2ccc(C)cc2)c2ccccc2)cc1. The molecule has 6 heteroatoms. The van der Waals surface area contributed by atoms with Gasteiger partial charge >= 0.3 is 0 Å². The third-order valence-corrected chi connectivity index (χ3v) is 5.99. The summed E-state index contributed by atoms with van der Waals surface area (Å²) in [6, 6.07) is 24.1. The van der Waals surface area contributed by atoms with Gasteiger partial charge in [0.05, 0.1) is 10.6 Å². The Hall–Kier alpha value is -2.57. The number of sulfonamides is 1. The maximum absolute atomic E-state index is 12.6. The van der Waals surface area contributed by atoms with E-state index in [4.69, 9.17) is 0 Å². The van der Waals surface area contributed by atoms with Crippen LogP contribution in [0, 0.1) is 6.92 Å². The van der Waals surface area contributed by atoms with Crippen LogP contribution in [-0.2, 0) is 10.0 Å². The summed E-state index contributed by atoms with van der Waals surface area (Å²) in [5.74, 6) is 0. The predicted molar refractivity (Wildman–Crippen MR) is 112 cm³/mol. The zero-order chi connectivity index (χ0) is 19.3. The van der Waals surface area contributed by atoms with Crippen LogP contribution in [0.4, 0.5) is 0 Å². The second kappa shape index (κ2) is 8.41. The van der Waals surface area contributed by atoms with E-state index in [9.17, 15) is 8.42 Å². The molecule has 0 saturated heterocycles. The minimum absolute atomic E-state index is 0.182. The molecule has 0 atom stereocenters. The summed E-state index contributed by atoms with van der Waals surface area (Å²) in [5.41, 5.74) is 3.24. The first kappa shape index (κ1) is 19.2. The molecule has 27 heavy (non-hydrogen) atoms. The molecule has 1 N–H and O–H groups in total. The fraction of sp³-hybridized carbons (Fsp3) is 0.0952. The van der Waals surface area contributed by atoms with Crippen LogP contribution in [0.15, 0.2) is 93.8 Å². The molecule has 0 spiro atoms. The van der Waals surface area contributed by atoms with E-state index < -0.39 is 10.0 Å². The third-order valence-electron chi connectivity index (χ3n) is 4.02. The lowest BCUT2D eigenvalue weighted by molar-refractivity contribution is 0.584. The summed E-state index contributed by atoms with van der Waals surface area (Å²) in [4.78, 5) is 3.69. The normalized spacial score (nSPS) is 12.0. The van der Waals surface area contributed by atoms with Gasteiger partial charge in [-0.2, -0.15) is 18.4 Å². The Bertz CT molecular complexity index is 1030. The molecule has 138 valence electrons. The smallest absolute Gasteiger partial charge is 0.200 e. The fourth-order valence-electron chi connectivity index (χ4n) is 2.52. The second-order valence-corrected chi connectivity index (χ2v) is 8.50. The Morgan fingerprint density at radius 2 is 1.44 bits per heavy atom. The minimum atomic E-state index is -3.74. The number of benzene rings is 3. The quantitative estimate of drug-likeness (QED) is 0.380. The molecule has 3 aromatic carbocycles. The van der Waals surface area contributed by atoms with Crippen LogP contribution in [0.1, 0.15) is 16.7 Å². The number of nitrogens with one attached hydrogen (secondary N) is 1. The van der Waals surface area contributed by atoms with Gasteiger partial charge in [0, 0.05) is 16.0 Å². The van der Waals surface area contributed by atoms with Crippen molar-refractivity contribution in [2.45, 2.75) is 16.7 Å². The highest BCUT2D eigenvalue weighted by Crippen LogP contribution is 2.18. The molecule has 0 aliphatic rings. The monoisotopic (exact) mass is 396 g/mol. The lowest BCUT2D eigenvalue weighted by Crippen LogP contribution is -2.21. The topological polar surface area (TPSA) is 58.5 Å². The van der Waals surface area contributed by atoms with E-state index in [-0.39, 0.29) is 4.90 Å². The highest BCUT2D eigenvalue weighted by atomic mass is 32.2. The number of hydrogen-bond acceptors (Lipinski definition) is 4. The van der Waals surface area contributed by atoms with Gasteiger partial charge in [0.1, 0.15) is 0 Å². The van der Waals surface area contributed by atoms with Crippen molar-refractivity contribution in [3.63, 3.8) is 0 Å². The van der Waals surface area contributed by atoms with Crippen LogP contribution >= 0.6 is 11.8 Å². The molecule has 3 rings (SSSR count). The van der Waals surface area contributed by atoms with E-state index >= 15 is 0 Å². The van der Waals surface area contributed by atoms with Crippen LogP contribution in [0.25, 0.3) is 0 Å². The number of aryl methyl sites for hydroxylation is 1. The lowest BCUT2D eigenvalue weighted by Gasteiger charge is -2.10. The van der Waals surface area contributed by atoms with Gasteiger partial charge in [-0.25, -0.2) is 0 Å². The molecule has 0 bridgehead atoms. The van der Waals surface area contributed by atoms with Crippen LogP contribution in [0.5, 0.6) is 0 Å². The molecule has 0 heterocycles. The van der Waals surface area contributed by atoms with Crippen molar-refractivity contribution in [1.82, 2.24) is 4.83 Å². The highest BCUT2D eigenvalue weighted by Gasteiger charge is 2.14. The van der Waals surface area contributed by atoms with Gasteiger partial charge in [-0.15, -0.1) is 11.8 Å². The van der Waals surface area contributed by atoms with Gasteiger partial charge in [-0.05, 0) is 37.4 Å². The summed E-state index contributed by atoms with van der Waals surface area (Å²) >= 11 is 1.65. The molecule has 0 aliphatic carbocycles. The van der Waals surface area contributed by atoms with Crippen molar-refractivity contribution < 1.29 is 8.42 Å². The van der Waals surface area contributed by atoms with Gasteiger partial charge in [0.15, 0.2) is 0 Å². The Kier molecular flexibility index (Phi) is 5.98. The highest BCUT2D eigenvalue weighted by molar-refractivity contribution is 7.98. The van der Waals surface area contributed by atoms with Gasteiger partial charge < -0.3 is 0 Å². The summed E-state index contributed by atoms with van der Waals surface area (Å²) in [6.07, 6.45) is 2.01. The summed E-state index contributed by atoms with van der Waals surface area (Å²) < 4.78 is 25.2. The molecular weight excluding hydrogens is 376 g/mol. The predicted octanol–water partition coefficient (Wildman–Crippen LogP) is 4.45. The molecule has 0 aromatic heterocycles. The van der Waals surface area contributed by atoms with E-state index in [2.05, 4.69) is 9.93 Å². The van der Waals surface area contributed by atoms with Crippen molar-refractivity contribution in [3.8, 4) is 0 Å². The van der Waals surface area contributed by atoms with Crippen molar-refractivity contribution >= 4 is 27.5 Å². The van der Waals surface area contributed by atoms with Crippen LogP contribution in [-0.4, -0.2) is 20.4 Å². The number of nitrogens with zero attached hydrogens (tertiary/aromatic N) is 1. The molecule has 0 unspecified atom stereocenters. The van der Waals surface area contributed by atoms with Gasteiger partial charge in [-0.3, -0.25) is 0 Å². The summed E-state index contributed by atoms with van der Waals surface area (Å²) in [7, 11) is -3.74. The number of hydrazone groups is 1. The Labute approximate surface area is 164 Å². The third kappa shape index (κ3) is 4.78. The van der Waals surface area contributed by atoms with Gasteiger partial charge in [0.2, 0.25) is 0 Å². The van der Waals surface area contributed by atoms with Crippen molar-refractivity contribution in [1.29, 1.82) is 0 Å². The van der Waals surface area contributed by atoms with Crippen molar-refractivity contribution in [2.24, 2.45) is 5.10 Å². The summed E-state index contributed by atoms with van der Waals surface area (Å²) in [5, 5.41) is 4.26. The molecule has 0 aliphatic heterocycles. The van der Waals surface area contributed by atoms with E-state index in [1.54, 1.807) is 36.0 Å². The van der Waals surface area contributed by atoms with E-state index in [1.807, 2.05) is 67.8 Å². The van der Waals surface area contributed by atoms with Crippen LogP contribution in [0.2, 0.25) is 0 Å². The Balaban J connectivity index is 1.98. The molecule has 4 nitrogen and oxygen atoms in total. The van der Waals surface area contributed by atoms with E-state index in [0.717, 1.165) is 21.6 Å². The molecule has 3 aromatic rings. The molecule has 0 radical (unpaired) electrons. The maximum atomic E-state index is 12.6. The van der Waals surface area contributed by atoms with Gasteiger partial charge in [-0.1, -0.05) is 60.2 Å². The second-order valence-electron chi connectivity index (χ2n) is 5.96. The summed E-state index contributed by atoms with van der Waals surface area (Å²) in [6.45, 7) is 1.91. The Morgan fingerprint density at radius 3 is 2.04 bits per heavy atom. The maximum Gasteiger partial charge on any atom is 0.276 e. The van der Waals surface area contributed by atoms with Crippen molar-refractivity contribution in [3.05, 3.63) is 95.6 Å². The van der Waals surface area contributed by atoms with Gasteiger partial charge in [0.25, 0.3) is 10.0 Å². The average molecular weight is 397 g/mol. The van der Waals surface area contributed by atoms with E-state index in [0.29, 0.717) is 5.71 Å². The largest absolute Gasteiger partial charge is 0.276 e. The van der Waals surface area contributed by atoms with Crippen LogP contribution in [0.3, 0.4) is 0 Å². The first-order valence-electron chi connectivity index (χ1n) is 8.35. The van der Waals surface area contributed by atoms with E-state index in [1.165, 1.54) is 0 Å². The average Bonchev–Trinajstić information content (AvgIpc) is 2.70. The molecular formula is C21H20N2O2S2. The fourth-order valence-corrected chi connectivity index (χ4v) is 3.74. The molecule has 0 saturated carbocycles. The van der Waals surface area contributed by atoms with Crippen molar-refractivity contribution in [2.75, 3.05) is 6.26 Å². The number of rotatable bonds is 6. The number of hydrogen-bond donors (Lipinski definition) is 1. The zero-order valence-corrected chi connectivity index (χ0v) is 16.7. The molecule has 0 amide bonds. The number of thioether (sulfide) groups is 1. The van der Waals surface area contributed by atoms with Crippen LogP contribution < -0.4 is 4.83 Å². The minimum Gasteiger partial charge on any atom is -0.200 e. The lowest BCUT2D eigenvalue weighted by atomic mass is 10.0. The zero-order valence-electron chi connectivity index (χ0n) is 15.1. The Morgan fingerprint density at radius 1 is 0.852 bits per heavy atom. The first-order chi connectivity index (χ1) is 13.0.